The molecule has 1 N–H and O–H groups in total. The van der Waals surface area contributed by atoms with Gasteiger partial charge in [0.05, 0.1) is 19.3 Å². The molecular formula is C23H29NO4S. The number of nitrogens with one attached hydrogen (secondary N) is 1. The van der Waals surface area contributed by atoms with Crippen LogP contribution in [-0.4, -0.2) is 25.6 Å². The highest BCUT2D eigenvalue weighted by atomic mass is 32.1. The van der Waals surface area contributed by atoms with Crippen molar-refractivity contribution >= 4 is 28.2 Å². The number of unbranched alkanes of at least 4 members (excludes halogenated alkanes) is 2. The summed E-state index contributed by atoms with van der Waals surface area (Å²) < 4.78 is 10.8. The van der Waals surface area contributed by atoms with E-state index >= 15 is 0 Å². The molecule has 3 rings (SSSR count). The zero-order valence-corrected chi connectivity index (χ0v) is 18.2. The van der Waals surface area contributed by atoms with Crippen LogP contribution in [0.3, 0.4) is 0 Å². The Morgan fingerprint density at radius 3 is 2.86 bits per heavy atom. The predicted octanol–water partition coefficient (Wildman–Crippen LogP) is 5.48. The summed E-state index contributed by atoms with van der Waals surface area (Å²) in [7, 11) is 1.38. The number of carbonyl (C=O) groups is 2. The number of hydrogen-bond acceptors (Lipinski definition) is 5. The van der Waals surface area contributed by atoms with Crippen molar-refractivity contribution in [2.45, 2.75) is 52.4 Å². The van der Waals surface area contributed by atoms with Gasteiger partial charge < -0.3 is 14.8 Å². The summed E-state index contributed by atoms with van der Waals surface area (Å²) in [5, 5.41) is 3.52. The Kier molecular flexibility index (Phi) is 7.31. The molecule has 2 aromatic rings. The summed E-state index contributed by atoms with van der Waals surface area (Å²) in [6.07, 6.45) is 6.07. The molecule has 1 heterocycles. The van der Waals surface area contributed by atoms with Gasteiger partial charge in [0.1, 0.15) is 10.8 Å². The first-order valence-electron chi connectivity index (χ1n) is 10.3. The van der Waals surface area contributed by atoms with E-state index in [4.69, 9.17) is 9.47 Å². The number of fused-ring (bicyclic) bond motifs is 1. The second kappa shape index (κ2) is 9.92. The van der Waals surface area contributed by atoms with Crippen LogP contribution in [0.25, 0.3) is 0 Å². The predicted molar refractivity (Wildman–Crippen MR) is 116 cm³/mol. The Bertz CT molecular complexity index is 874. The maximum Gasteiger partial charge on any atom is 0.341 e. The van der Waals surface area contributed by atoms with Crippen LogP contribution >= 0.6 is 11.3 Å². The second-order valence-corrected chi connectivity index (χ2v) is 8.69. The number of esters is 1. The van der Waals surface area contributed by atoms with E-state index in [1.54, 1.807) is 12.1 Å². The molecule has 1 aliphatic carbocycles. The Morgan fingerprint density at radius 1 is 1.28 bits per heavy atom. The molecule has 0 fully saturated rings. The lowest BCUT2D eigenvalue weighted by Crippen LogP contribution is -2.16. The molecule has 0 bridgehead atoms. The van der Waals surface area contributed by atoms with Gasteiger partial charge in [-0.3, -0.25) is 4.79 Å². The first-order chi connectivity index (χ1) is 14.0. The van der Waals surface area contributed by atoms with Crippen LogP contribution < -0.4 is 10.1 Å². The summed E-state index contributed by atoms with van der Waals surface area (Å²) >= 11 is 1.49. The quantitative estimate of drug-likeness (QED) is 0.458. The minimum Gasteiger partial charge on any atom is -0.494 e. The zero-order valence-electron chi connectivity index (χ0n) is 17.4. The van der Waals surface area contributed by atoms with E-state index in [0.717, 1.165) is 44.1 Å². The molecule has 1 unspecified atom stereocenters. The highest BCUT2D eigenvalue weighted by Gasteiger charge is 2.29. The zero-order chi connectivity index (χ0) is 20.8. The van der Waals surface area contributed by atoms with E-state index in [1.165, 1.54) is 23.3 Å². The van der Waals surface area contributed by atoms with Crippen LogP contribution in [0.15, 0.2) is 24.3 Å². The minimum atomic E-state index is -0.389. The Hall–Kier alpha value is -2.34. The van der Waals surface area contributed by atoms with Crippen LogP contribution in [0.1, 0.15) is 70.7 Å². The maximum absolute atomic E-state index is 12.9. The topological polar surface area (TPSA) is 64.6 Å². The molecule has 0 aliphatic heterocycles. The monoisotopic (exact) mass is 415 g/mol. The first-order valence-corrected chi connectivity index (χ1v) is 11.1. The normalized spacial score (nSPS) is 15.5. The molecular weight excluding hydrogens is 386 g/mol. The van der Waals surface area contributed by atoms with Crippen molar-refractivity contribution in [2.75, 3.05) is 19.0 Å². The van der Waals surface area contributed by atoms with Crippen molar-refractivity contribution in [2.24, 2.45) is 5.92 Å². The fourth-order valence-corrected chi connectivity index (χ4v) is 5.00. The van der Waals surface area contributed by atoms with Crippen LogP contribution in [0.4, 0.5) is 5.00 Å². The largest absolute Gasteiger partial charge is 0.494 e. The molecule has 0 spiro atoms. The summed E-state index contributed by atoms with van der Waals surface area (Å²) in [6.45, 7) is 5.00. The van der Waals surface area contributed by atoms with Crippen LogP contribution in [0.5, 0.6) is 5.75 Å². The second-order valence-electron chi connectivity index (χ2n) is 7.58. The Balaban J connectivity index is 1.78. The van der Waals surface area contributed by atoms with Gasteiger partial charge in [-0.25, -0.2) is 4.79 Å². The average Bonchev–Trinajstić information content (AvgIpc) is 3.07. The van der Waals surface area contributed by atoms with E-state index in [9.17, 15) is 9.59 Å². The molecule has 1 aliphatic rings. The van der Waals surface area contributed by atoms with Crippen molar-refractivity contribution < 1.29 is 19.1 Å². The average molecular weight is 416 g/mol. The molecule has 1 aromatic heterocycles. The van der Waals surface area contributed by atoms with Crippen LogP contribution in [0.2, 0.25) is 0 Å². The van der Waals surface area contributed by atoms with E-state index in [0.29, 0.717) is 34.4 Å². The highest BCUT2D eigenvalue weighted by Crippen LogP contribution is 2.40. The summed E-state index contributed by atoms with van der Waals surface area (Å²) in [5.41, 5.74) is 2.05. The lowest BCUT2D eigenvalue weighted by atomic mass is 9.88. The highest BCUT2D eigenvalue weighted by molar-refractivity contribution is 7.17. The lowest BCUT2D eigenvalue weighted by Gasteiger charge is -2.18. The third-order valence-electron chi connectivity index (χ3n) is 5.24. The SMILES string of the molecule is CCCCCOc1cccc(C(=O)Nc2sc3c(c2C(=O)OC)CCC(C)C3)c1. The number of anilines is 1. The van der Waals surface area contributed by atoms with Gasteiger partial charge in [-0.1, -0.05) is 32.8 Å². The number of methoxy groups -OCH3 is 1. The third kappa shape index (κ3) is 5.18. The molecule has 0 radical (unpaired) electrons. The van der Waals surface area contributed by atoms with Gasteiger partial charge in [0.15, 0.2) is 0 Å². The van der Waals surface area contributed by atoms with E-state index in [1.807, 2.05) is 12.1 Å². The minimum absolute atomic E-state index is 0.249. The van der Waals surface area contributed by atoms with Gasteiger partial charge in [-0.15, -0.1) is 11.3 Å². The molecule has 1 aromatic carbocycles. The van der Waals surface area contributed by atoms with E-state index in [-0.39, 0.29) is 11.9 Å². The van der Waals surface area contributed by atoms with Crippen molar-refractivity contribution in [1.82, 2.24) is 0 Å². The van der Waals surface area contributed by atoms with Gasteiger partial charge >= 0.3 is 5.97 Å². The molecule has 1 amide bonds. The van der Waals surface area contributed by atoms with Crippen molar-refractivity contribution in [3.8, 4) is 5.75 Å². The molecule has 6 heteroatoms. The van der Waals surface area contributed by atoms with Gasteiger partial charge in [0.25, 0.3) is 5.91 Å². The molecule has 0 saturated heterocycles. The van der Waals surface area contributed by atoms with Crippen molar-refractivity contribution in [3.63, 3.8) is 0 Å². The van der Waals surface area contributed by atoms with Crippen LogP contribution in [-0.2, 0) is 17.6 Å². The molecule has 156 valence electrons. The van der Waals surface area contributed by atoms with Crippen molar-refractivity contribution in [3.05, 3.63) is 45.8 Å². The summed E-state index contributed by atoms with van der Waals surface area (Å²) in [4.78, 5) is 26.4. The van der Waals surface area contributed by atoms with E-state index < -0.39 is 0 Å². The number of rotatable bonds is 8. The number of carbonyl (C=O) groups excluding carboxylic acids is 2. The standard InChI is InChI=1S/C23H29NO4S/c1-4-5-6-12-28-17-9-7-8-16(14-17)21(25)24-22-20(23(26)27-3)18-11-10-15(2)13-19(18)29-22/h7-9,14-15H,4-6,10-13H2,1-3H3,(H,24,25). The number of amides is 1. The fourth-order valence-electron chi connectivity index (χ4n) is 3.60. The molecule has 5 nitrogen and oxygen atoms in total. The number of thiophene rings is 1. The Labute approximate surface area is 176 Å². The molecule has 29 heavy (non-hydrogen) atoms. The number of ether oxygens (including phenoxy) is 2. The lowest BCUT2D eigenvalue weighted by molar-refractivity contribution is 0.0601. The van der Waals surface area contributed by atoms with Gasteiger partial charge in [-0.2, -0.15) is 0 Å². The smallest absolute Gasteiger partial charge is 0.341 e. The van der Waals surface area contributed by atoms with Gasteiger partial charge in [-0.05, 0) is 55.4 Å². The third-order valence-corrected chi connectivity index (χ3v) is 6.41. The summed E-state index contributed by atoms with van der Waals surface area (Å²) in [5.74, 6) is 0.624. The molecule has 0 saturated carbocycles. The van der Waals surface area contributed by atoms with E-state index in [2.05, 4.69) is 19.2 Å². The van der Waals surface area contributed by atoms with Crippen LogP contribution in [0, 0.1) is 5.92 Å². The first kappa shape index (κ1) is 21.4. The fraction of sp³-hybridized carbons (Fsp3) is 0.478. The van der Waals surface area contributed by atoms with Gasteiger partial charge in [0.2, 0.25) is 0 Å². The Morgan fingerprint density at radius 2 is 2.10 bits per heavy atom. The van der Waals surface area contributed by atoms with Gasteiger partial charge in [0, 0.05) is 10.4 Å². The maximum atomic E-state index is 12.9. The number of hydrogen-bond donors (Lipinski definition) is 1. The van der Waals surface area contributed by atoms with Crippen molar-refractivity contribution in [1.29, 1.82) is 0 Å². The number of benzene rings is 1. The summed E-state index contributed by atoms with van der Waals surface area (Å²) in [6, 6.07) is 7.16. The molecule has 1 atom stereocenters.